The van der Waals surface area contributed by atoms with Gasteiger partial charge in [-0.05, 0) is 57.0 Å². The number of aromatic nitrogens is 8. The molecule has 208 valence electrons. The molecule has 0 aromatic carbocycles. The molecule has 5 aromatic heterocycles. The van der Waals surface area contributed by atoms with E-state index in [1.165, 1.54) is 0 Å². The first-order chi connectivity index (χ1) is 19.8. The lowest BCUT2D eigenvalue weighted by molar-refractivity contribution is 0.343. The summed E-state index contributed by atoms with van der Waals surface area (Å²) in [5, 5.41) is 22.3. The molecule has 0 saturated carbocycles. The van der Waals surface area contributed by atoms with Gasteiger partial charge < -0.3 is 10.2 Å². The predicted molar refractivity (Wildman–Crippen MR) is 157 cm³/mol. The van der Waals surface area contributed by atoms with Crippen molar-refractivity contribution >= 4 is 23.7 Å². The van der Waals surface area contributed by atoms with E-state index in [1.54, 1.807) is 10.7 Å². The molecule has 5 aromatic rings. The van der Waals surface area contributed by atoms with E-state index in [2.05, 4.69) is 47.3 Å². The fourth-order valence-corrected chi connectivity index (χ4v) is 5.78. The standard InChI is InChI=1S/C29H29N11.ClH/c30-14-22-16-36-40-19-25(23-17-35-39(18-23)24-4-10-31-11-5-24)37-27(28(22)40)21-2-3-26(34-15-21)38-12-6-20(7-13-38)29-32-8-1-9-33-29;/h1-3,8-9,15-20,24,31H,4-7,10-13H2;1H. The molecule has 0 spiro atoms. The quantitative estimate of drug-likeness (QED) is 0.335. The fourth-order valence-electron chi connectivity index (χ4n) is 5.78. The van der Waals surface area contributed by atoms with Crippen LogP contribution in [0.5, 0.6) is 0 Å². The molecular formula is C29H30ClN11. The number of piperidine rings is 2. The number of nitrogens with zero attached hydrogens (tertiary/aromatic N) is 10. The Morgan fingerprint density at radius 2 is 1.68 bits per heavy atom. The van der Waals surface area contributed by atoms with Crippen molar-refractivity contribution in [3.8, 4) is 28.6 Å². The Labute approximate surface area is 243 Å². The van der Waals surface area contributed by atoms with Crippen LogP contribution in [0.25, 0.3) is 28.0 Å². The second kappa shape index (κ2) is 11.6. The zero-order valence-corrected chi connectivity index (χ0v) is 23.3. The van der Waals surface area contributed by atoms with Crippen molar-refractivity contribution in [3.05, 3.63) is 73.0 Å². The number of hydrogen-bond donors (Lipinski definition) is 1. The minimum atomic E-state index is 0. The summed E-state index contributed by atoms with van der Waals surface area (Å²) in [6.07, 6.45) is 16.9. The zero-order valence-electron chi connectivity index (χ0n) is 22.5. The summed E-state index contributed by atoms with van der Waals surface area (Å²) >= 11 is 0. The zero-order chi connectivity index (χ0) is 26.9. The highest BCUT2D eigenvalue weighted by molar-refractivity contribution is 5.85. The van der Waals surface area contributed by atoms with Crippen molar-refractivity contribution in [2.24, 2.45) is 0 Å². The average Bonchev–Trinajstić information content (AvgIpc) is 3.70. The Bertz CT molecular complexity index is 1660. The third kappa shape index (κ3) is 5.24. The van der Waals surface area contributed by atoms with E-state index in [9.17, 15) is 5.26 Å². The van der Waals surface area contributed by atoms with E-state index >= 15 is 0 Å². The minimum Gasteiger partial charge on any atom is -0.357 e. The predicted octanol–water partition coefficient (Wildman–Crippen LogP) is 4.05. The normalized spacial score (nSPS) is 16.4. The second-order valence-corrected chi connectivity index (χ2v) is 10.4. The van der Waals surface area contributed by atoms with Crippen LogP contribution in [0.15, 0.2) is 61.6 Å². The molecule has 1 N–H and O–H groups in total. The van der Waals surface area contributed by atoms with Crippen LogP contribution in [0.2, 0.25) is 0 Å². The van der Waals surface area contributed by atoms with Gasteiger partial charge in [-0.15, -0.1) is 12.4 Å². The smallest absolute Gasteiger partial charge is 0.131 e. The van der Waals surface area contributed by atoms with Crippen molar-refractivity contribution in [2.45, 2.75) is 37.6 Å². The van der Waals surface area contributed by atoms with Gasteiger partial charge in [0.05, 0.1) is 36.0 Å². The maximum absolute atomic E-state index is 9.77. The SMILES string of the molecule is Cl.N#Cc1cnn2cc(-c3cnn(C4CCNCC4)c3)nc(-c3ccc(N4CCC(c5ncccn5)CC4)nc3)c12. The molecule has 2 aliphatic heterocycles. The van der Waals surface area contributed by atoms with Gasteiger partial charge in [0.15, 0.2) is 0 Å². The molecule has 7 heterocycles. The van der Waals surface area contributed by atoms with E-state index in [1.807, 2.05) is 49.2 Å². The monoisotopic (exact) mass is 567 g/mol. The van der Waals surface area contributed by atoms with Gasteiger partial charge in [0.2, 0.25) is 0 Å². The van der Waals surface area contributed by atoms with Crippen molar-refractivity contribution < 1.29 is 0 Å². The van der Waals surface area contributed by atoms with Crippen molar-refractivity contribution in [1.29, 1.82) is 5.26 Å². The highest BCUT2D eigenvalue weighted by Crippen LogP contribution is 2.32. The van der Waals surface area contributed by atoms with Gasteiger partial charge in [-0.1, -0.05) is 0 Å². The van der Waals surface area contributed by atoms with Crippen molar-refractivity contribution in [3.63, 3.8) is 0 Å². The number of rotatable bonds is 5. The van der Waals surface area contributed by atoms with Crippen molar-refractivity contribution in [2.75, 3.05) is 31.1 Å². The Morgan fingerprint density at radius 3 is 2.41 bits per heavy atom. The first-order valence-electron chi connectivity index (χ1n) is 13.8. The summed E-state index contributed by atoms with van der Waals surface area (Å²) in [4.78, 5) is 21.0. The summed E-state index contributed by atoms with van der Waals surface area (Å²) in [5.74, 6) is 2.23. The van der Waals surface area contributed by atoms with Gasteiger partial charge in [0.1, 0.15) is 28.8 Å². The molecular weight excluding hydrogens is 538 g/mol. The average molecular weight is 568 g/mol. The lowest BCUT2D eigenvalue weighted by Crippen LogP contribution is -2.33. The summed E-state index contributed by atoms with van der Waals surface area (Å²) < 4.78 is 3.79. The molecule has 2 saturated heterocycles. The molecule has 0 radical (unpaired) electrons. The highest BCUT2D eigenvalue weighted by atomic mass is 35.5. The van der Waals surface area contributed by atoms with E-state index in [4.69, 9.17) is 9.97 Å². The van der Waals surface area contributed by atoms with Crippen LogP contribution in [0, 0.1) is 11.3 Å². The first-order valence-corrected chi connectivity index (χ1v) is 13.8. The maximum atomic E-state index is 9.77. The van der Waals surface area contributed by atoms with Crippen molar-refractivity contribution in [1.82, 2.24) is 44.6 Å². The van der Waals surface area contributed by atoms with Crippen LogP contribution in [0.1, 0.15) is 49.0 Å². The summed E-state index contributed by atoms with van der Waals surface area (Å²) in [7, 11) is 0. The van der Waals surface area contributed by atoms with Gasteiger partial charge in [-0.3, -0.25) is 4.68 Å². The number of fused-ring (bicyclic) bond motifs is 1. The van der Waals surface area contributed by atoms with E-state index in [-0.39, 0.29) is 12.4 Å². The fraction of sp³-hybridized carbons (Fsp3) is 0.345. The Morgan fingerprint density at radius 1 is 0.878 bits per heavy atom. The maximum Gasteiger partial charge on any atom is 0.131 e. The number of hydrogen-bond acceptors (Lipinski definition) is 9. The van der Waals surface area contributed by atoms with Gasteiger partial charge in [-0.2, -0.15) is 15.5 Å². The van der Waals surface area contributed by atoms with Crippen LogP contribution in [-0.4, -0.2) is 65.5 Å². The van der Waals surface area contributed by atoms with Crippen LogP contribution in [-0.2, 0) is 0 Å². The number of anilines is 1. The molecule has 2 fully saturated rings. The minimum absolute atomic E-state index is 0. The lowest BCUT2D eigenvalue weighted by atomic mass is 9.96. The Hall–Kier alpha value is -4.40. The summed E-state index contributed by atoms with van der Waals surface area (Å²) in [6, 6.07) is 8.58. The summed E-state index contributed by atoms with van der Waals surface area (Å²) in [6.45, 7) is 3.80. The number of nitriles is 1. The van der Waals surface area contributed by atoms with Gasteiger partial charge >= 0.3 is 0 Å². The molecule has 0 amide bonds. The topological polar surface area (TPSA) is 126 Å². The van der Waals surface area contributed by atoms with Gasteiger partial charge in [0.25, 0.3) is 0 Å². The van der Waals surface area contributed by atoms with E-state index in [0.29, 0.717) is 28.7 Å². The van der Waals surface area contributed by atoms with Gasteiger partial charge in [0, 0.05) is 54.9 Å². The second-order valence-electron chi connectivity index (χ2n) is 10.4. The largest absolute Gasteiger partial charge is 0.357 e. The van der Waals surface area contributed by atoms with Crippen LogP contribution >= 0.6 is 12.4 Å². The van der Waals surface area contributed by atoms with E-state index < -0.39 is 0 Å². The third-order valence-corrected chi connectivity index (χ3v) is 7.99. The Balaban J connectivity index is 0.00000302. The van der Waals surface area contributed by atoms with Crippen LogP contribution in [0.4, 0.5) is 5.82 Å². The Kier molecular flexibility index (Phi) is 7.59. The molecule has 11 nitrogen and oxygen atoms in total. The van der Waals surface area contributed by atoms with Gasteiger partial charge in [-0.25, -0.2) is 24.5 Å². The molecule has 0 aliphatic carbocycles. The van der Waals surface area contributed by atoms with E-state index in [0.717, 1.165) is 80.3 Å². The number of nitrogens with one attached hydrogen (secondary N) is 1. The van der Waals surface area contributed by atoms with Crippen LogP contribution in [0.3, 0.4) is 0 Å². The first kappa shape index (κ1) is 26.8. The molecule has 0 unspecified atom stereocenters. The number of pyridine rings is 1. The summed E-state index contributed by atoms with van der Waals surface area (Å²) in [5.41, 5.74) is 4.35. The molecule has 0 atom stereocenters. The number of halogens is 1. The molecule has 7 rings (SSSR count). The molecule has 2 aliphatic rings. The van der Waals surface area contributed by atoms with Crippen LogP contribution < -0.4 is 10.2 Å². The highest BCUT2D eigenvalue weighted by Gasteiger charge is 2.24. The molecule has 41 heavy (non-hydrogen) atoms. The lowest BCUT2D eigenvalue weighted by Gasteiger charge is -2.32. The third-order valence-electron chi connectivity index (χ3n) is 7.99. The molecule has 0 bridgehead atoms. The molecule has 12 heteroatoms.